The average Bonchev–Trinajstić information content (AvgIpc) is 3.32. The summed E-state index contributed by atoms with van der Waals surface area (Å²) in [5.74, 6) is 0.171. The average molecular weight is 349 g/mol. The normalized spacial score (nSPS) is 31.3. The zero-order valence-corrected chi connectivity index (χ0v) is 14.7. The fourth-order valence-electron chi connectivity index (χ4n) is 4.11. The molecule has 24 heavy (non-hydrogen) atoms. The third kappa shape index (κ3) is 2.45. The summed E-state index contributed by atoms with van der Waals surface area (Å²) in [5.41, 5.74) is 0.473. The number of hydrogen-bond donors (Lipinski definition) is 0. The molecule has 3 aliphatic rings. The van der Waals surface area contributed by atoms with Crippen LogP contribution in [0.2, 0.25) is 0 Å². The summed E-state index contributed by atoms with van der Waals surface area (Å²) in [6.45, 7) is 4.10. The lowest BCUT2D eigenvalue weighted by Crippen LogP contribution is -2.40. The molecule has 130 valence electrons. The maximum Gasteiger partial charge on any atom is 0.230 e. The number of likely N-dealkylation sites (tertiary alicyclic amines) is 1. The molecule has 1 aliphatic carbocycles. The molecule has 0 bridgehead atoms. The second-order valence-electron chi connectivity index (χ2n) is 7.43. The molecule has 3 fully saturated rings. The van der Waals surface area contributed by atoms with Gasteiger partial charge in [-0.25, -0.2) is 12.7 Å². The number of carbonyl (C=O) groups is 1. The van der Waals surface area contributed by atoms with Gasteiger partial charge in [-0.05, 0) is 36.8 Å². The standard InChI is InChI=1S/C17H23N3O3S/c1-13-10-20(24(22,23)15-4-5-15)12-17(13)6-8-19(16(17)21)11-14-3-2-7-18-9-14/h2-3,7,9,13,15H,4-6,8,10-12H2,1H3/t13-,17-/m1/s1. The predicted octanol–water partition coefficient (Wildman–Crippen LogP) is 1.24. The zero-order chi connectivity index (χ0) is 16.9. The Hall–Kier alpha value is -1.47. The first-order valence-electron chi connectivity index (χ1n) is 8.61. The highest BCUT2D eigenvalue weighted by atomic mass is 32.2. The molecular formula is C17H23N3O3S. The molecular weight excluding hydrogens is 326 g/mol. The van der Waals surface area contributed by atoms with Crippen LogP contribution in [0.3, 0.4) is 0 Å². The van der Waals surface area contributed by atoms with Crippen molar-refractivity contribution in [1.82, 2.24) is 14.2 Å². The third-order valence-electron chi connectivity index (χ3n) is 5.82. The van der Waals surface area contributed by atoms with Crippen molar-refractivity contribution in [3.63, 3.8) is 0 Å². The summed E-state index contributed by atoms with van der Waals surface area (Å²) in [4.78, 5) is 19.0. The van der Waals surface area contributed by atoms with Crippen molar-refractivity contribution in [2.75, 3.05) is 19.6 Å². The maximum absolute atomic E-state index is 13.1. The smallest absolute Gasteiger partial charge is 0.230 e. The van der Waals surface area contributed by atoms with E-state index in [1.165, 1.54) is 0 Å². The molecule has 2 atom stereocenters. The molecule has 3 heterocycles. The van der Waals surface area contributed by atoms with Crippen LogP contribution < -0.4 is 0 Å². The Labute approximate surface area is 142 Å². The number of aromatic nitrogens is 1. The van der Waals surface area contributed by atoms with Gasteiger partial charge in [0, 0.05) is 38.6 Å². The predicted molar refractivity (Wildman–Crippen MR) is 89.4 cm³/mol. The molecule has 0 N–H and O–H groups in total. The summed E-state index contributed by atoms with van der Waals surface area (Å²) in [6, 6.07) is 3.83. The topological polar surface area (TPSA) is 70.6 Å². The molecule has 0 aromatic carbocycles. The van der Waals surface area contributed by atoms with E-state index in [2.05, 4.69) is 4.98 Å². The number of carbonyl (C=O) groups excluding carboxylic acids is 1. The van der Waals surface area contributed by atoms with Gasteiger partial charge in [-0.15, -0.1) is 0 Å². The first-order chi connectivity index (χ1) is 11.4. The summed E-state index contributed by atoms with van der Waals surface area (Å²) < 4.78 is 26.7. The fraction of sp³-hybridized carbons (Fsp3) is 0.647. The second-order valence-corrected chi connectivity index (χ2v) is 9.65. The molecule has 2 saturated heterocycles. The lowest BCUT2D eigenvalue weighted by atomic mass is 9.78. The highest BCUT2D eigenvalue weighted by molar-refractivity contribution is 7.90. The molecule has 0 radical (unpaired) electrons. The van der Waals surface area contributed by atoms with E-state index in [0.717, 1.165) is 24.8 Å². The van der Waals surface area contributed by atoms with E-state index in [9.17, 15) is 13.2 Å². The van der Waals surface area contributed by atoms with Gasteiger partial charge in [0.15, 0.2) is 0 Å². The van der Waals surface area contributed by atoms with Crippen molar-refractivity contribution in [3.8, 4) is 0 Å². The van der Waals surface area contributed by atoms with E-state index in [1.807, 2.05) is 24.0 Å². The number of rotatable bonds is 4. The number of sulfonamides is 1. The Kier molecular flexibility index (Phi) is 3.69. The number of amides is 1. The molecule has 1 saturated carbocycles. The van der Waals surface area contributed by atoms with Gasteiger partial charge in [-0.2, -0.15) is 0 Å². The minimum Gasteiger partial charge on any atom is -0.338 e. The fourth-order valence-corrected chi connectivity index (χ4v) is 6.11. The van der Waals surface area contributed by atoms with E-state index in [0.29, 0.717) is 26.2 Å². The maximum atomic E-state index is 13.1. The molecule has 4 rings (SSSR count). The van der Waals surface area contributed by atoms with Gasteiger partial charge < -0.3 is 4.90 Å². The Bertz CT molecular complexity index is 748. The summed E-state index contributed by atoms with van der Waals surface area (Å²) in [5, 5.41) is -0.206. The number of pyridine rings is 1. The van der Waals surface area contributed by atoms with Crippen molar-refractivity contribution >= 4 is 15.9 Å². The van der Waals surface area contributed by atoms with E-state index in [-0.39, 0.29) is 17.1 Å². The molecule has 6 nitrogen and oxygen atoms in total. The van der Waals surface area contributed by atoms with Gasteiger partial charge in [0.25, 0.3) is 0 Å². The monoisotopic (exact) mass is 349 g/mol. The van der Waals surface area contributed by atoms with Crippen molar-refractivity contribution < 1.29 is 13.2 Å². The van der Waals surface area contributed by atoms with Crippen LogP contribution in [-0.4, -0.2) is 53.4 Å². The highest BCUT2D eigenvalue weighted by Crippen LogP contribution is 2.47. The van der Waals surface area contributed by atoms with Crippen LogP contribution in [0.15, 0.2) is 24.5 Å². The van der Waals surface area contributed by atoms with Crippen LogP contribution in [0.25, 0.3) is 0 Å². The molecule has 2 aliphatic heterocycles. The second kappa shape index (κ2) is 5.52. The van der Waals surface area contributed by atoms with Gasteiger partial charge in [-0.3, -0.25) is 9.78 Å². The van der Waals surface area contributed by atoms with Crippen molar-refractivity contribution in [1.29, 1.82) is 0 Å². The van der Waals surface area contributed by atoms with Gasteiger partial charge in [0.2, 0.25) is 15.9 Å². The van der Waals surface area contributed by atoms with Gasteiger partial charge in [-0.1, -0.05) is 13.0 Å². The number of hydrogen-bond acceptors (Lipinski definition) is 4. The Balaban J connectivity index is 1.52. The highest BCUT2D eigenvalue weighted by Gasteiger charge is 2.58. The molecule has 1 amide bonds. The van der Waals surface area contributed by atoms with Crippen LogP contribution in [-0.2, 0) is 21.4 Å². The molecule has 0 unspecified atom stereocenters. The van der Waals surface area contributed by atoms with Gasteiger partial charge >= 0.3 is 0 Å². The van der Waals surface area contributed by atoms with E-state index in [1.54, 1.807) is 16.7 Å². The van der Waals surface area contributed by atoms with E-state index >= 15 is 0 Å². The Morgan fingerprint density at radius 1 is 1.38 bits per heavy atom. The summed E-state index contributed by atoms with van der Waals surface area (Å²) in [6.07, 6.45) is 5.77. The Morgan fingerprint density at radius 3 is 2.83 bits per heavy atom. The molecule has 1 aromatic rings. The lowest BCUT2D eigenvalue weighted by molar-refractivity contribution is -0.137. The number of nitrogens with zero attached hydrogens (tertiary/aromatic N) is 3. The van der Waals surface area contributed by atoms with Crippen LogP contribution in [0.4, 0.5) is 0 Å². The minimum absolute atomic E-state index is 0.0671. The van der Waals surface area contributed by atoms with Crippen molar-refractivity contribution in [2.24, 2.45) is 11.3 Å². The lowest BCUT2D eigenvalue weighted by Gasteiger charge is -2.26. The first kappa shape index (κ1) is 16.0. The van der Waals surface area contributed by atoms with Crippen LogP contribution >= 0.6 is 0 Å². The molecule has 1 spiro atoms. The summed E-state index contributed by atoms with van der Waals surface area (Å²) >= 11 is 0. The van der Waals surface area contributed by atoms with E-state index in [4.69, 9.17) is 0 Å². The van der Waals surface area contributed by atoms with Gasteiger partial charge in [0.1, 0.15) is 0 Å². The SMILES string of the molecule is C[C@@H]1CN(S(=O)(=O)C2CC2)C[C@]12CCN(Cc1cccnc1)C2=O. The molecule has 7 heteroatoms. The first-order valence-corrected chi connectivity index (χ1v) is 10.1. The van der Waals surface area contributed by atoms with Crippen molar-refractivity contribution in [2.45, 2.75) is 38.0 Å². The van der Waals surface area contributed by atoms with Crippen molar-refractivity contribution in [3.05, 3.63) is 30.1 Å². The largest absolute Gasteiger partial charge is 0.338 e. The van der Waals surface area contributed by atoms with Crippen LogP contribution in [0.1, 0.15) is 31.7 Å². The molecule has 1 aromatic heterocycles. The quantitative estimate of drug-likeness (QED) is 0.820. The van der Waals surface area contributed by atoms with Gasteiger partial charge in [0.05, 0.1) is 10.7 Å². The zero-order valence-electron chi connectivity index (χ0n) is 13.9. The third-order valence-corrected chi connectivity index (χ3v) is 8.13. The summed E-state index contributed by atoms with van der Waals surface area (Å²) in [7, 11) is -3.21. The Morgan fingerprint density at radius 2 is 2.17 bits per heavy atom. The van der Waals surface area contributed by atoms with Crippen LogP contribution in [0.5, 0.6) is 0 Å². The van der Waals surface area contributed by atoms with E-state index < -0.39 is 15.4 Å². The minimum atomic E-state index is -3.21. The van der Waals surface area contributed by atoms with Crippen LogP contribution in [0, 0.1) is 11.3 Å².